The Kier molecular flexibility index (Phi) is 3.46. The van der Waals surface area contributed by atoms with Crippen LogP contribution in [0.4, 0.5) is 0 Å². The Morgan fingerprint density at radius 2 is 1.85 bits per heavy atom. The minimum atomic E-state index is -0.481. The molecule has 0 heterocycles. The van der Waals surface area contributed by atoms with Crippen molar-refractivity contribution in [2.24, 2.45) is 0 Å². The Morgan fingerprint density at radius 1 is 1.23 bits per heavy atom. The number of carbonyl (C=O) groups is 1. The average molecular weight is 180 g/mol. The van der Waals surface area contributed by atoms with E-state index in [1.54, 1.807) is 31.4 Å². The third kappa shape index (κ3) is 2.29. The van der Waals surface area contributed by atoms with Gasteiger partial charge in [0.05, 0.1) is 7.11 Å². The van der Waals surface area contributed by atoms with E-state index in [0.29, 0.717) is 0 Å². The predicted molar refractivity (Wildman–Crippen MR) is 48.8 cm³/mol. The van der Waals surface area contributed by atoms with Crippen LogP contribution in [0.3, 0.4) is 0 Å². The van der Waals surface area contributed by atoms with Crippen molar-refractivity contribution in [2.45, 2.75) is 6.10 Å². The predicted octanol–water partition coefficient (Wildman–Crippen LogP) is 1.58. The maximum Gasteiger partial charge on any atom is 0.153 e. The summed E-state index contributed by atoms with van der Waals surface area (Å²) < 4.78 is 9.94. The van der Waals surface area contributed by atoms with Crippen LogP contribution >= 0.6 is 0 Å². The van der Waals surface area contributed by atoms with E-state index in [4.69, 9.17) is 9.47 Å². The quantitative estimate of drug-likeness (QED) is 0.660. The summed E-state index contributed by atoms with van der Waals surface area (Å²) in [6, 6.07) is 7.21. The maximum atomic E-state index is 10.5. The second kappa shape index (κ2) is 4.62. The molecule has 0 aliphatic rings. The minimum absolute atomic E-state index is 0.481. The summed E-state index contributed by atoms with van der Waals surface area (Å²) in [5.74, 6) is 0.768. The van der Waals surface area contributed by atoms with Crippen LogP contribution in [-0.4, -0.2) is 20.5 Å². The highest BCUT2D eigenvalue weighted by Gasteiger charge is 2.07. The third-order valence-corrected chi connectivity index (χ3v) is 1.82. The number of rotatable bonds is 4. The lowest BCUT2D eigenvalue weighted by Gasteiger charge is -2.08. The van der Waals surface area contributed by atoms with Crippen LogP contribution in [0.5, 0.6) is 5.75 Å². The molecule has 0 aliphatic carbocycles. The molecule has 0 radical (unpaired) electrons. The van der Waals surface area contributed by atoms with Crippen molar-refractivity contribution in [1.82, 2.24) is 0 Å². The summed E-state index contributed by atoms with van der Waals surface area (Å²) in [5, 5.41) is 0. The van der Waals surface area contributed by atoms with E-state index in [0.717, 1.165) is 17.6 Å². The van der Waals surface area contributed by atoms with Gasteiger partial charge in [-0.1, -0.05) is 12.1 Å². The van der Waals surface area contributed by atoms with Gasteiger partial charge < -0.3 is 14.3 Å². The summed E-state index contributed by atoms with van der Waals surface area (Å²) >= 11 is 0. The molecule has 1 unspecified atom stereocenters. The molecular formula is C10H12O3. The zero-order chi connectivity index (χ0) is 9.68. The van der Waals surface area contributed by atoms with Crippen LogP contribution < -0.4 is 4.74 Å². The molecule has 1 rings (SSSR count). The Morgan fingerprint density at radius 3 is 2.23 bits per heavy atom. The van der Waals surface area contributed by atoms with Gasteiger partial charge in [0.2, 0.25) is 0 Å². The topological polar surface area (TPSA) is 35.5 Å². The summed E-state index contributed by atoms with van der Waals surface area (Å²) in [6.07, 6.45) is 0.285. The summed E-state index contributed by atoms with van der Waals surface area (Å²) in [6.45, 7) is 0. The van der Waals surface area contributed by atoms with Crippen LogP contribution in [0.15, 0.2) is 24.3 Å². The van der Waals surface area contributed by atoms with E-state index in [9.17, 15) is 4.79 Å². The molecule has 0 amide bonds. The smallest absolute Gasteiger partial charge is 0.153 e. The molecule has 70 valence electrons. The first-order chi connectivity index (χ1) is 6.31. The van der Waals surface area contributed by atoms with Crippen molar-refractivity contribution in [3.63, 3.8) is 0 Å². The molecule has 0 aromatic heterocycles. The second-order valence-corrected chi connectivity index (χ2v) is 2.57. The maximum absolute atomic E-state index is 10.5. The number of benzene rings is 1. The largest absolute Gasteiger partial charge is 0.497 e. The molecule has 3 heteroatoms. The Labute approximate surface area is 77.3 Å². The van der Waals surface area contributed by atoms with Crippen molar-refractivity contribution < 1.29 is 14.3 Å². The van der Waals surface area contributed by atoms with Crippen LogP contribution in [0, 0.1) is 0 Å². The number of aldehydes is 1. The van der Waals surface area contributed by atoms with E-state index in [-0.39, 0.29) is 0 Å². The monoisotopic (exact) mass is 180 g/mol. The molecule has 0 spiro atoms. The van der Waals surface area contributed by atoms with Crippen molar-refractivity contribution in [3.8, 4) is 5.75 Å². The zero-order valence-electron chi connectivity index (χ0n) is 7.69. The molecule has 1 aromatic rings. The van der Waals surface area contributed by atoms with Gasteiger partial charge in [-0.05, 0) is 17.7 Å². The average Bonchev–Trinajstić information content (AvgIpc) is 2.21. The summed E-state index contributed by atoms with van der Waals surface area (Å²) in [5.41, 5.74) is 0.832. The Bertz CT molecular complexity index is 266. The number of ether oxygens (including phenoxy) is 2. The highest BCUT2D eigenvalue weighted by atomic mass is 16.5. The summed E-state index contributed by atoms with van der Waals surface area (Å²) in [4.78, 5) is 10.5. The first-order valence-electron chi connectivity index (χ1n) is 3.94. The standard InChI is InChI=1S/C10H12O3/c1-12-9-5-3-8(4-6-9)10(7-11)13-2/h3-7,10H,1-2H3. The van der Waals surface area contributed by atoms with Gasteiger partial charge in [-0.2, -0.15) is 0 Å². The Balaban J connectivity index is 2.83. The van der Waals surface area contributed by atoms with Gasteiger partial charge in [0.1, 0.15) is 11.9 Å². The van der Waals surface area contributed by atoms with Crippen LogP contribution in [0.1, 0.15) is 11.7 Å². The first kappa shape index (κ1) is 9.74. The lowest BCUT2D eigenvalue weighted by molar-refractivity contribution is -0.116. The normalized spacial score (nSPS) is 12.2. The fourth-order valence-corrected chi connectivity index (χ4v) is 1.06. The van der Waals surface area contributed by atoms with Crippen molar-refractivity contribution in [2.75, 3.05) is 14.2 Å². The molecule has 0 aliphatic heterocycles. The highest BCUT2D eigenvalue weighted by molar-refractivity contribution is 5.60. The molecule has 0 saturated carbocycles. The van der Waals surface area contributed by atoms with Gasteiger partial charge >= 0.3 is 0 Å². The fourth-order valence-electron chi connectivity index (χ4n) is 1.06. The highest BCUT2D eigenvalue weighted by Crippen LogP contribution is 2.17. The van der Waals surface area contributed by atoms with E-state index in [1.807, 2.05) is 0 Å². The van der Waals surface area contributed by atoms with Gasteiger partial charge in [0.15, 0.2) is 6.29 Å². The number of hydrogen-bond donors (Lipinski definition) is 0. The lowest BCUT2D eigenvalue weighted by atomic mass is 10.1. The van der Waals surface area contributed by atoms with E-state index in [2.05, 4.69) is 0 Å². The minimum Gasteiger partial charge on any atom is -0.497 e. The number of hydrogen-bond acceptors (Lipinski definition) is 3. The SMILES string of the molecule is COc1ccc(C(C=O)OC)cc1. The first-order valence-corrected chi connectivity index (χ1v) is 3.94. The van der Waals surface area contributed by atoms with Crippen molar-refractivity contribution in [1.29, 1.82) is 0 Å². The molecule has 0 N–H and O–H groups in total. The number of carbonyl (C=O) groups excluding carboxylic acids is 1. The van der Waals surface area contributed by atoms with Crippen LogP contribution in [0.25, 0.3) is 0 Å². The molecule has 3 nitrogen and oxygen atoms in total. The third-order valence-electron chi connectivity index (χ3n) is 1.82. The molecule has 1 aromatic carbocycles. The van der Waals surface area contributed by atoms with Crippen LogP contribution in [-0.2, 0) is 9.53 Å². The molecular weight excluding hydrogens is 168 g/mol. The van der Waals surface area contributed by atoms with Crippen molar-refractivity contribution in [3.05, 3.63) is 29.8 Å². The molecule has 13 heavy (non-hydrogen) atoms. The van der Waals surface area contributed by atoms with Gasteiger partial charge in [0, 0.05) is 7.11 Å². The second-order valence-electron chi connectivity index (χ2n) is 2.57. The molecule has 0 saturated heterocycles. The molecule has 0 bridgehead atoms. The molecule has 0 fully saturated rings. The van der Waals surface area contributed by atoms with Gasteiger partial charge in [-0.15, -0.1) is 0 Å². The van der Waals surface area contributed by atoms with Crippen molar-refractivity contribution >= 4 is 6.29 Å². The molecule has 1 atom stereocenters. The van der Waals surface area contributed by atoms with Gasteiger partial charge in [0.25, 0.3) is 0 Å². The van der Waals surface area contributed by atoms with E-state index in [1.165, 1.54) is 7.11 Å². The van der Waals surface area contributed by atoms with E-state index >= 15 is 0 Å². The van der Waals surface area contributed by atoms with E-state index < -0.39 is 6.10 Å². The van der Waals surface area contributed by atoms with Gasteiger partial charge in [-0.25, -0.2) is 0 Å². The summed E-state index contributed by atoms with van der Waals surface area (Å²) in [7, 11) is 3.10. The number of methoxy groups -OCH3 is 2. The lowest BCUT2D eigenvalue weighted by Crippen LogP contribution is -2.01. The Hall–Kier alpha value is -1.35. The van der Waals surface area contributed by atoms with Crippen LogP contribution in [0.2, 0.25) is 0 Å². The van der Waals surface area contributed by atoms with Gasteiger partial charge in [-0.3, -0.25) is 0 Å². The zero-order valence-corrected chi connectivity index (χ0v) is 7.69. The fraction of sp³-hybridized carbons (Fsp3) is 0.300.